The van der Waals surface area contributed by atoms with Gasteiger partial charge in [0.15, 0.2) is 0 Å². The second kappa shape index (κ2) is 12.2. The molecule has 0 bridgehead atoms. The van der Waals surface area contributed by atoms with E-state index in [0.29, 0.717) is 24.5 Å². The van der Waals surface area contributed by atoms with Crippen molar-refractivity contribution in [3.8, 4) is 5.75 Å². The lowest BCUT2D eigenvalue weighted by atomic mass is 10.1. The number of thioether (sulfide) groups is 1. The smallest absolute Gasteiger partial charge is 0.271 e. The summed E-state index contributed by atoms with van der Waals surface area (Å²) < 4.78 is 5.57. The first-order valence-electron chi connectivity index (χ1n) is 11.8. The molecule has 3 aromatic rings. The van der Waals surface area contributed by atoms with E-state index in [9.17, 15) is 9.59 Å². The van der Waals surface area contributed by atoms with Gasteiger partial charge in [0.25, 0.3) is 5.91 Å². The fourth-order valence-corrected chi connectivity index (χ4v) is 4.98. The molecule has 6 nitrogen and oxygen atoms in total. The molecular weight excluding hydrogens is 458 g/mol. The van der Waals surface area contributed by atoms with Crippen LogP contribution in [0.3, 0.4) is 0 Å². The van der Waals surface area contributed by atoms with Crippen LogP contribution in [0, 0.1) is 0 Å². The highest BCUT2D eigenvalue weighted by molar-refractivity contribution is 8.00. The number of benzene rings is 3. The normalized spacial score (nSPS) is 15.5. The van der Waals surface area contributed by atoms with Gasteiger partial charge in [0.05, 0.1) is 18.6 Å². The first-order valence-corrected chi connectivity index (χ1v) is 12.8. The molecule has 1 atom stereocenters. The van der Waals surface area contributed by atoms with Gasteiger partial charge in [-0.05, 0) is 65.9 Å². The lowest BCUT2D eigenvalue weighted by molar-refractivity contribution is -0.128. The van der Waals surface area contributed by atoms with Crippen molar-refractivity contribution < 1.29 is 14.3 Å². The molecule has 0 aromatic heterocycles. The molecule has 0 spiro atoms. The SMILES string of the molecule is CCCOc1ccc(/C=N\NC(=O)c2ccc([C@H]3SCC(=O)N3CCc3ccccc3)cc2)cc1. The van der Waals surface area contributed by atoms with Crippen molar-refractivity contribution >= 4 is 29.8 Å². The Hall–Kier alpha value is -3.58. The van der Waals surface area contributed by atoms with Crippen molar-refractivity contribution in [3.63, 3.8) is 0 Å². The number of hydrogen-bond acceptors (Lipinski definition) is 5. The number of rotatable bonds is 10. The van der Waals surface area contributed by atoms with Crippen molar-refractivity contribution in [1.82, 2.24) is 10.3 Å². The number of nitrogens with zero attached hydrogens (tertiary/aromatic N) is 2. The number of nitrogens with one attached hydrogen (secondary N) is 1. The van der Waals surface area contributed by atoms with Crippen LogP contribution in [0.2, 0.25) is 0 Å². The lowest BCUT2D eigenvalue weighted by Gasteiger charge is -2.24. The van der Waals surface area contributed by atoms with Crippen LogP contribution >= 0.6 is 11.8 Å². The molecular formula is C28H29N3O3S. The summed E-state index contributed by atoms with van der Waals surface area (Å²) in [5, 5.41) is 4.03. The highest BCUT2D eigenvalue weighted by Gasteiger charge is 2.32. The second-order valence-electron chi connectivity index (χ2n) is 8.22. The highest BCUT2D eigenvalue weighted by Crippen LogP contribution is 2.38. The summed E-state index contributed by atoms with van der Waals surface area (Å²) in [6.45, 7) is 3.42. The number of amides is 2. The standard InChI is InChI=1S/C28H29N3O3S/c1-2-18-34-25-14-8-22(9-15-25)19-29-30-27(33)23-10-12-24(13-11-23)28-31(26(32)20-35-28)17-16-21-6-4-3-5-7-21/h3-15,19,28H,2,16-18,20H2,1H3,(H,30,33)/b29-19-/t28-/m1/s1. The van der Waals surface area contributed by atoms with Crippen LogP contribution in [0.1, 0.15) is 45.8 Å². The van der Waals surface area contributed by atoms with E-state index < -0.39 is 0 Å². The van der Waals surface area contributed by atoms with E-state index in [0.717, 1.165) is 29.7 Å². The van der Waals surface area contributed by atoms with Gasteiger partial charge in [-0.25, -0.2) is 5.43 Å². The van der Waals surface area contributed by atoms with Crippen LogP contribution in [0.4, 0.5) is 0 Å². The Kier molecular flexibility index (Phi) is 8.57. The molecule has 1 saturated heterocycles. The number of carbonyl (C=O) groups is 2. The largest absolute Gasteiger partial charge is 0.494 e. The van der Waals surface area contributed by atoms with Gasteiger partial charge in [0.1, 0.15) is 11.1 Å². The Labute approximate surface area is 210 Å². The highest BCUT2D eigenvalue weighted by atomic mass is 32.2. The quantitative estimate of drug-likeness (QED) is 0.321. The molecule has 1 aliphatic rings. The van der Waals surface area contributed by atoms with Gasteiger partial charge in [-0.3, -0.25) is 9.59 Å². The van der Waals surface area contributed by atoms with E-state index in [1.165, 1.54) is 5.56 Å². The minimum Gasteiger partial charge on any atom is -0.494 e. The summed E-state index contributed by atoms with van der Waals surface area (Å²) in [6.07, 6.45) is 3.37. The Morgan fingerprint density at radius 2 is 1.83 bits per heavy atom. The third-order valence-corrected chi connectivity index (χ3v) is 6.90. The minimum atomic E-state index is -0.285. The monoisotopic (exact) mass is 487 g/mol. The topological polar surface area (TPSA) is 71.0 Å². The molecule has 3 aromatic carbocycles. The molecule has 1 fully saturated rings. The molecule has 1 N–H and O–H groups in total. The third-order valence-electron chi connectivity index (χ3n) is 5.64. The zero-order valence-electron chi connectivity index (χ0n) is 19.7. The number of hydrazone groups is 1. The summed E-state index contributed by atoms with van der Waals surface area (Å²) in [7, 11) is 0. The molecule has 180 valence electrons. The zero-order chi connectivity index (χ0) is 24.5. The average molecular weight is 488 g/mol. The van der Waals surface area contributed by atoms with Crippen molar-refractivity contribution in [2.24, 2.45) is 5.10 Å². The Bertz CT molecular complexity index is 1150. The first-order chi connectivity index (χ1) is 17.1. The maximum Gasteiger partial charge on any atom is 0.271 e. The number of hydrogen-bond donors (Lipinski definition) is 1. The van der Waals surface area contributed by atoms with Crippen LogP contribution in [-0.2, 0) is 11.2 Å². The number of ether oxygens (including phenoxy) is 1. The van der Waals surface area contributed by atoms with Crippen molar-refractivity contribution in [1.29, 1.82) is 0 Å². The summed E-state index contributed by atoms with van der Waals surface area (Å²) in [5.41, 5.74) is 6.17. The van der Waals surface area contributed by atoms with Crippen LogP contribution in [0.5, 0.6) is 5.75 Å². The van der Waals surface area contributed by atoms with E-state index in [1.807, 2.05) is 59.5 Å². The van der Waals surface area contributed by atoms with Gasteiger partial charge in [0.2, 0.25) is 5.91 Å². The second-order valence-corrected chi connectivity index (χ2v) is 9.29. The molecule has 1 aliphatic heterocycles. The summed E-state index contributed by atoms with van der Waals surface area (Å²) in [4.78, 5) is 26.9. The fraction of sp³-hybridized carbons (Fsp3) is 0.250. The third kappa shape index (κ3) is 6.73. The predicted molar refractivity (Wildman–Crippen MR) is 141 cm³/mol. The van der Waals surface area contributed by atoms with E-state index in [4.69, 9.17) is 4.74 Å². The molecule has 2 amide bonds. The Morgan fingerprint density at radius 3 is 2.54 bits per heavy atom. The molecule has 0 aliphatic carbocycles. The Morgan fingerprint density at radius 1 is 1.09 bits per heavy atom. The average Bonchev–Trinajstić information content (AvgIpc) is 3.27. The lowest BCUT2D eigenvalue weighted by Crippen LogP contribution is -2.30. The van der Waals surface area contributed by atoms with E-state index in [1.54, 1.807) is 30.1 Å². The molecule has 35 heavy (non-hydrogen) atoms. The fourth-order valence-electron chi connectivity index (χ4n) is 3.77. The van der Waals surface area contributed by atoms with E-state index in [-0.39, 0.29) is 17.2 Å². The van der Waals surface area contributed by atoms with Crippen LogP contribution in [0.25, 0.3) is 0 Å². The van der Waals surface area contributed by atoms with Crippen LogP contribution in [0.15, 0.2) is 84.0 Å². The molecule has 1 heterocycles. The van der Waals surface area contributed by atoms with E-state index in [2.05, 4.69) is 29.6 Å². The first kappa shape index (κ1) is 24.5. The molecule has 4 rings (SSSR count). The summed E-state index contributed by atoms with van der Waals surface area (Å²) >= 11 is 1.62. The van der Waals surface area contributed by atoms with Gasteiger partial charge in [-0.2, -0.15) is 5.10 Å². The van der Waals surface area contributed by atoms with Gasteiger partial charge in [-0.1, -0.05) is 49.4 Å². The predicted octanol–water partition coefficient (Wildman–Crippen LogP) is 5.06. The number of carbonyl (C=O) groups excluding carboxylic acids is 2. The van der Waals surface area contributed by atoms with Gasteiger partial charge in [-0.15, -0.1) is 11.8 Å². The van der Waals surface area contributed by atoms with Gasteiger partial charge < -0.3 is 9.64 Å². The Balaban J connectivity index is 1.32. The summed E-state index contributed by atoms with van der Waals surface area (Å²) in [5.74, 6) is 1.15. The van der Waals surface area contributed by atoms with Gasteiger partial charge in [0, 0.05) is 12.1 Å². The van der Waals surface area contributed by atoms with Crippen molar-refractivity contribution in [2.75, 3.05) is 18.9 Å². The van der Waals surface area contributed by atoms with Gasteiger partial charge >= 0.3 is 0 Å². The zero-order valence-corrected chi connectivity index (χ0v) is 20.5. The minimum absolute atomic E-state index is 0.0365. The van der Waals surface area contributed by atoms with Crippen LogP contribution < -0.4 is 10.2 Å². The van der Waals surface area contributed by atoms with E-state index >= 15 is 0 Å². The molecule has 7 heteroatoms. The molecule has 0 saturated carbocycles. The van der Waals surface area contributed by atoms with Crippen LogP contribution in [-0.4, -0.2) is 41.8 Å². The maximum atomic E-state index is 12.5. The molecule has 0 unspecified atom stereocenters. The summed E-state index contributed by atoms with van der Waals surface area (Å²) in [6, 6.07) is 25.1. The molecule has 0 radical (unpaired) electrons. The van der Waals surface area contributed by atoms with Crippen molar-refractivity contribution in [2.45, 2.75) is 25.1 Å². The van der Waals surface area contributed by atoms with Crippen molar-refractivity contribution in [3.05, 3.63) is 101 Å². The maximum absolute atomic E-state index is 12.5.